The standard InChI is InChI=1S/C26H34O10/c1-13(2)8-19(33-14(3)27)22(34-15(4)28)18-10-30-24(35-16(5)29)21-17(18)6-7-25(11-31-25)23-20(36-23)9-26(21)12-32-26/h8,10,17,19-24H,6-7,9,11-12H2,1-5H3/t17-,19+,20-,21?,22?,23+,24-,25-,26-/m1/s1. The number of fused-ring (bicyclic) bond motifs is 4. The third-order valence-corrected chi connectivity index (χ3v) is 7.66. The molecule has 3 saturated heterocycles. The summed E-state index contributed by atoms with van der Waals surface area (Å²) in [4.78, 5) is 36.2. The van der Waals surface area contributed by atoms with Crippen LogP contribution in [-0.4, -0.2) is 73.0 Å². The predicted molar refractivity (Wildman–Crippen MR) is 122 cm³/mol. The molecule has 0 aromatic heterocycles. The lowest BCUT2D eigenvalue weighted by atomic mass is 9.71. The molecule has 10 heteroatoms. The van der Waals surface area contributed by atoms with Crippen molar-refractivity contribution in [1.82, 2.24) is 0 Å². The Labute approximate surface area is 210 Å². The molecule has 2 unspecified atom stereocenters. The molecule has 4 aliphatic heterocycles. The van der Waals surface area contributed by atoms with Crippen LogP contribution in [0.25, 0.3) is 0 Å². The first-order valence-electron chi connectivity index (χ1n) is 12.5. The molecule has 4 heterocycles. The molecule has 0 aromatic carbocycles. The smallest absolute Gasteiger partial charge is 0.305 e. The van der Waals surface area contributed by atoms with E-state index in [1.54, 1.807) is 6.08 Å². The van der Waals surface area contributed by atoms with Gasteiger partial charge in [0.05, 0.1) is 31.5 Å². The van der Waals surface area contributed by atoms with Crippen molar-refractivity contribution in [2.24, 2.45) is 11.8 Å². The van der Waals surface area contributed by atoms with Crippen molar-refractivity contribution >= 4 is 17.9 Å². The molecule has 0 radical (unpaired) electrons. The van der Waals surface area contributed by atoms with Crippen molar-refractivity contribution in [3.8, 4) is 0 Å². The fourth-order valence-electron chi connectivity index (χ4n) is 6.01. The molecule has 5 rings (SSSR count). The van der Waals surface area contributed by atoms with Crippen LogP contribution in [0.3, 0.4) is 0 Å². The topological polar surface area (TPSA) is 126 Å². The minimum atomic E-state index is -0.925. The van der Waals surface area contributed by atoms with Crippen molar-refractivity contribution in [2.45, 2.75) is 95.8 Å². The first kappa shape index (κ1) is 25.2. The third-order valence-electron chi connectivity index (χ3n) is 7.66. The van der Waals surface area contributed by atoms with Crippen LogP contribution in [0.15, 0.2) is 23.5 Å². The predicted octanol–water partition coefficient (Wildman–Crippen LogP) is 2.34. The Hall–Kier alpha value is -2.43. The van der Waals surface area contributed by atoms with E-state index in [1.807, 2.05) is 13.8 Å². The zero-order valence-electron chi connectivity index (χ0n) is 21.3. The summed E-state index contributed by atoms with van der Waals surface area (Å²) < 4.78 is 41.0. The average molecular weight is 507 g/mol. The Morgan fingerprint density at radius 2 is 1.67 bits per heavy atom. The van der Waals surface area contributed by atoms with Crippen molar-refractivity contribution in [1.29, 1.82) is 0 Å². The minimum absolute atomic E-state index is 0.00446. The van der Waals surface area contributed by atoms with E-state index in [0.717, 1.165) is 5.57 Å². The highest BCUT2D eigenvalue weighted by Gasteiger charge is 2.70. The Bertz CT molecular complexity index is 987. The average Bonchev–Trinajstić information content (AvgIpc) is 3.64. The molecule has 1 aliphatic carbocycles. The van der Waals surface area contributed by atoms with E-state index < -0.39 is 42.0 Å². The highest BCUT2D eigenvalue weighted by molar-refractivity contribution is 5.68. The lowest BCUT2D eigenvalue weighted by Crippen LogP contribution is -2.50. The molecule has 1 saturated carbocycles. The second-order valence-electron chi connectivity index (χ2n) is 10.8. The molecule has 2 spiro atoms. The summed E-state index contributed by atoms with van der Waals surface area (Å²) in [5, 5.41) is 0. The number of hydrogen-bond donors (Lipinski definition) is 0. The van der Waals surface area contributed by atoms with Gasteiger partial charge in [-0.25, -0.2) is 0 Å². The molecular formula is C26H34O10. The van der Waals surface area contributed by atoms with Gasteiger partial charge in [0, 0.05) is 32.8 Å². The molecular weight excluding hydrogens is 472 g/mol. The van der Waals surface area contributed by atoms with Crippen molar-refractivity contribution < 1.29 is 47.5 Å². The molecule has 4 fully saturated rings. The lowest BCUT2D eigenvalue weighted by Gasteiger charge is -2.43. The Morgan fingerprint density at radius 3 is 2.22 bits per heavy atom. The van der Waals surface area contributed by atoms with Gasteiger partial charge in [0.2, 0.25) is 6.29 Å². The second-order valence-corrected chi connectivity index (χ2v) is 10.8. The van der Waals surface area contributed by atoms with Gasteiger partial charge in [0.15, 0.2) is 12.2 Å². The van der Waals surface area contributed by atoms with Gasteiger partial charge < -0.3 is 33.2 Å². The molecule has 0 N–H and O–H groups in total. The fourth-order valence-corrected chi connectivity index (χ4v) is 6.01. The van der Waals surface area contributed by atoms with E-state index in [4.69, 9.17) is 33.2 Å². The lowest BCUT2D eigenvalue weighted by molar-refractivity contribution is -0.194. The quantitative estimate of drug-likeness (QED) is 0.229. The monoisotopic (exact) mass is 506 g/mol. The molecule has 10 nitrogen and oxygen atoms in total. The van der Waals surface area contributed by atoms with Gasteiger partial charge in [-0.05, 0) is 38.7 Å². The molecule has 36 heavy (non-hydrogen) atoms. The number of esters is 3. The van der Waals surface area contributed by atoms with E-state index in [1.165, 1.54) is 27.0 Å². The van der Waals surface area contributed by atoms with E-state index in [9.17, 15) is 14.4 Å². The van der Waals surface area contributed by atoms with E-state index in [-0.39, 0.29) is 29.6 Å². The Morgan fingerprint density at radius 1 is 1.00 bits per heavy atom. The second kappa shape index (κ2) is 9.15. The van der Waals surface area contributed by atoms with Crippen LogP contribution in [0.4, 0.5) is 0 Å². The summed E-state index contributed by atoms with van der Waals surface area (Å²) in [6.45, 7) is 8.82. The van der Waals surface area contributed by atoms with E-state index >= 15 is 0 Å². The van der Waals surface area contributed by atoms with Gasteiger partial charge in [-0.1, -0.05) is 5.57 Å². The van der Waals surface area contributed by atoms with Gasteiger partial charge in [-0.3, -0.25) is 14.4 Å². The van der Waals surface area contributed by atoms with Crippen LogP contribution < -0.4 is 0 Å². The molecule has 0 bridgehead atoms. The minimum Gasteiger partial charge on any atom is -0.462 e. The largest absolute Gasteiger partial charge is 0.462 e. The maximum Gasteiger partial charge on any atom is 0.305 e. The summed E-state index contributed by atoms with van der Waals surface area (Å²) in [6, 6.07) is 0. The third kappa shape index (κ3) is 4.90. The van der Waals surface area contributed by atoms with Crippen molar-refractivity contribution in [3.05, 3.63) is 23.5 Å². The first-order valence-corrected chi connectivity index (χ1v) is 12.5. The Kier molecular flexibility index (Phi) is 6.41. The van der Waals surface area contributed by atoms with Crippen molar-refractivity contribution in [3.63, 3.8) is 0 Å². The number of epoxide rings is 3. The van der Waals surface area contributed by atoms with Crippen LogP contribution >= 0.6 is 0 Å². The number of rotatable bonds is 6. The molecule has 5 aliphatic rings. The zero-order valence-corrected chi connectivity index (χ0v) is 21.3. The van der Waals surface area contributed by atoms with Crippen molar-refractivity contribution in [2.75, 3.05) is 13.2 Å². The van der Waals surface area contributed by atoms with E-state index in [0.29, 0.717) is 38.0 Å². The fraction of sp³-hybridized carbons (Fsp3) is 0.731. The van der Waals surface area contributed by atoms with Gasteiger partial charge in [-0.2, -0.15) is 0 Å². The number of hydrogen-bond acceptors (Lipinski definition) is 10. The van der Waals surface area contributed by atoms with Crippen LogP contribution in [-0.2, 0) is 47.5 Å². The van der Waals surface area contributed by atoms with Gasteiger partial charge in [-0.15, -0.1) is 0 Å². The summed E-state index contributed by atoms with van der Waals surface area (Å²) in [6.07, 6.45) is 2.59. The van der Waals surface area contributed by atoms with E-state index in [2.05, 4.69) is 0 Å². The SMILES string of the molecule is CC(=O)OC(C1=CO[C@H](OC(C)=O)C2[C@@H]1CC[C@@]1(CO1)[C@H]1O[C@@H]1C[C@@]21CO1)[C@H](C=C(C)C)OC(C)=O. The summed E-state index contributed by atoms with van der Waals surface area (Å²) in [5.41, 5.74) is 0.606. The van der Waals surface area contributed by atoms with Crippen LogP contribution in [0.2, 0.25) is 0 Å². The summed E-state index contributed by atoms with van der Waals surface area (Å²) >= 11 is 0. The Balaban J connectivity index is 1.56. The number of carbonyl (C=O) groups is 3. The highest BCUT2D eigenvalue weighted by atomic mass is 16.7. The molecule has 0 aromatic rings. The number of ether oxygens (including phenoxy) is 7. The maximum absolute atomic E-state index is 12.2. The van der Waals surface area contributed by atoms with Gasteiger partial charge in [0.1, 0.15) is 17.3 Å². The molecule has 9 atom stereocenters. The number of allylic oxidation sites excluding steroid dienone is 1. The summed E-state index contributed by atoms with van der Waals surface area (Å²) in [7, 11) is 0. The van der Waals surface area contributed by atoms with Crippen LogP contribution in [0.1, 0.15) is 53.9 Å². The van der Waals surface area contributed by atoms with Gasteiger partial charge >= 0.3 is 17.9 Å². The van der Waals surface area contributed by atoms with Gasteiger partial charge in [0.25, 0.3) is 0 Å². The van der Waals surface area contributed by atoms with Crippen LogP contribution in [0, 0.1) is 11.8 Å². The zero-order chi connectivity index (χ0) is 25.8. The highest BCUT2D eigenvalue weighted by Crippen LogP contribution is 2.59. The first-order chi connectivity index (χ1) is 17.0. The normalized spacial score (nSPS) is 39.4. The summed E-state index contributed by atoms with van der Waals surface area (Å²) in [5.74, 6) is -2.11. The molecule has 198 valence electrons. The number of carbonyl (C=O) groups excluding carboxylic acids is 3. The van der Waals surface area contributed by atoms with Crippen LogP contribution in [0.5, 0.6) is 0 Å². The molecule has 0 amide bonds. The maximum atomic E-state index is 12.2.